The van der Waals surface area contributed by atoms with Crippen molar-refractivity contribution in [1.82, 2.24) is 4.31 Å². The molecule has 0 radical (unpaired) electrons. The lowest BCUT2D eigenvalue weighted by Crippen LogP contribution is -2.32. The fourth-order valence-electron chi connectivity index (χ4n) is 2.70. The molecule has 0 aromatic heterocycles. The third-order valence-electron chi connectivity index (χ3n) is 3.91. The summed E-state index contributed by atoms with van der Waals surface area (Å²) in [5, 5.41) is 0. The van der Waals surface area contributed by atoms with Crippen molar-refractivity contribution in [3.05, 3.63) is 60.2 Å². The van der Waals surface area contributed by atoms with Crippen LogP contribution >= 0.6 is 0 Å². The van der Waals surface area contributed by atoms with Crippen LogP contribution in [0.5, 0.6) is 0 Å². The number of anilines is 1. The van der Waals surface area contributed by atoms with E-state index < -0.39 is 20.0 Å². The van der Waals surface area contributed by atoms with Crippen molar-refractivity contribution < 1.29 is 16.8 Å². The Morgan fingerprint density at radius 2 is 1.37 bits per heavy atom. The molecule has 0 saturated heterocycles. The molecule has 6 nitrogen and oxygen atoms in total. The molecule has 2 aromatic rings. The van der Waals surface area contributed by atoms with Crippen molar-refractivity contribution >= 4 is 25.7 Å². The Hall–Kier alpha value is -1.90. The summed E-state index contributed by atoms with van der Waals surface area (Å²) in [6.45, 7) is 4.79. The normalized spacial score (nSPS) is 12.3. The van der Waals surface area contributed by atoms with E-state index in [0.29, 0.717) is 24.3 Å². The monoisotopic (exact) mass is 410 g/mol. The third-order valence-corrected chi connectivity index (χ3v) is 7.08. The molecule has 2 rings (SSSR count). The van der Waals surface area contributed by atoms with Crippen LogP contribution in [0.1, 0.15) is 32.3 Å². The van der Waals surface area contributed by atoms with Crippen molar-refractivity contribution in [2.75, 3.05) is 17.8 Å². The number of nitrogens with one attached hydrogen (secondary N) is 1. The van der Waals surface area contributed by atoms with Gasteiger partial charge in [0.05, 0.1) is 10.6 Å². The van der Waals surface area contributed by atoms with E-state index in [2.05, 4.69) is 4.72 Å². The molecule has 0 aliphatic rings. The zero-order valence-corrected chi connectivity index (χ0v) is 17.3. The first-order valence-electron chi connectivity index (χ1n) is 8.93. The Bertz CT molecular complexity index is 919. The van der Waals surface area contributed by atoms with Gasteiger partial charge in [0.1, 0.15) is 0 Å². The van der Waals surface area contributed by atoms with Crippen LogP contribution in [0.2, 0.25) is 0 Å². The van der Waals surface area contributed by atoms with Gasteiger partial charge in [-0.3, -0.25) is 4.72 Å². The SMILES string of the molecule is CCCN(CCC)S(=O)(=O)c1ccc(NS(=O)(=O)Cc2ccccc2)cc1. The van der Waals surface area contributed by atoms with E-state index in [9.17, 15) is 16.8 Å². The zero-order valence-electron chi connectivity index (χ0n) is 15.6. The van der Waals surface area contributed by atoms with Gasteiger partial charge in [-0.05, 0) is 42.7 Å². The molecule has 148 valence electrons. The maximum absolute atomic E-state index is 12.7. The number of hydrogen-bond acceptors (Lipinski definition) is 4. The second-order valence-electron chi connectivity index (χ2n) is 6.28. The van der Waals surface area contributed by atoms with Gasteiger partial charge in [0.15, 0.2) is 0 Å². The summed E-state index contributed by atoms with van der Waals surface area (Å²) in [6, 6.07) is 14.7. The van der Waals surface area contributed by atoms with Gasteiger partial charge in [-0.15, -0.1) is 0 Å². The topological polar surface area (TPSA) is 83.6 Å². The fourth-order valence-corrected chi connectivity index (χ4v) is 5.53. The first kappa shape index (κ1) is 21.4. The first-order valence-corrected chi connectivity index (χ1v) is 12.0. The minimum absolute atomic E-state index is 0.144. The average molecular weight is 411 g/mol. The lowest BCUT2D eigenvalue weighted by Gasteiger charge is -2.21. The second kappa shape index (κ2) is 9.34. The summed E-state index contributed by atoms with van der Waals surface area (Å²) >= 11 is 0. The van der Waals surface area contributed by atoms with Gasteiger partial charge in [0, 0.05) is 18.8 Å². The Kier molecular flexibility index (Phi) is 7.41. The number of rotatable bonds is 10. The minimum atomic E-state index is -3.58. The highest BCUT2D eigenvalue weighted by Crippen LogP contribution is 2.20. The van der Waals surface area contributed by atoms with Gasteiger partial charge < -0.3 is 0 Å². The standard InChI is InChI=1S/C19H26N2O4S2/c1-3-14-21(15-4-2)27(24,25)19-12-10-18(11-13-19)20-26(22,23)16-17-8-6-5-7-9-17/h5-13,20H,3-4,14-16H2,1-2H3. The van der Waals surface area contributed by atoms with Gasteiger partial charge in [-0.1, -0.05) is 44.2 Å². The van der Waals surface area contributed by atoms with E-state index in [4.69, 9.17) is 0 Å². The van der Waals surface area contributed by atoms with Crippen molar-refractivity contribution in [3.63, 3.8) is 0 Å². The molecule has 8 heteroatoms. The molecule has 0 aliphatic heterocycles. The second-order valence-corrected chi connectivity index (χ2v) is 9.94. The molecule has 27 heavy (non-hydrogen) atoms. The third kappa shape index (κ3) is 6.05. The van der Waals surface area contributed by atoms with Gasteiger partial charge in [-0.25, -0.2) is 16.8 Å². The quantitative estimate of drug-likeness (QED) is 0.650. The van der Waals surface area contributed by atoms with E-state index in [1.54, 1.807) is 24.3 Å². The van der Waals surface area contributed by atoms with E-state index in [1.807, 2.05) is 19.9 Å². The molecule has 0 fully saturated rings. The largest absolute Gasteiger partial charge is 0.283 e. The molecule has 0 aliphatic carbocycles. The molecule has 2 aromatic carbocycles. The average Bonchev–Trinajstić information content (AvgIpc) is 2.62. The highest BCUT2D eigenvalue weighted by atomic mass is 32.2. The number of nitrogens with zero attached hydrogens (tertiary/aromatic N) is 1. The Morgan fingerprint density at radius 3 is 1.89 bits per heavy atom. The number of hydrogen-bond donors (Lipinski definition) is 1. The van der Waals surface area contributed by atoms with Crippen LogP contribution in [-0.2, 0) is 25.8 Å². The predicted molar refractivity (Wildman–Crippen MR) is 108 cm³/mol. The molecule has 0 unspecified atom stereocenters. The molecule has 0 heterocycles. The molecule has 0 amide bonds. The van der Waals surface area contributed by atoms with Gasteiger partial charge >= 0.3 is 0 Å². The fraction of sp³-hybridized carbons (Fsp3) is 0.368. The Labute approximate surface area is 162 Å². The molecular weight excluding hydrogens is 384 g/mol. The lowest BCUT2D eigenvalue weighted by molar-refractivity contribution is 0.410. The molecule has 0 atom stereocenters. The van der Waals surface area contributed by atoms with E-state index >= 15 is 0 Å². The molecule has 1 N–H and O–H groups in total. The molecule has 0 saturated carbocycles. The summed E-state index contributed by atoms with van der Waals surface area (Å²) in [6.07, 6.45) is 1.47. The van der Waals surface area contributed by atoms with Crippen LogP contribution < -0.4 is 4.72 Å². The van der Waals surface area contributed by atoms with Crippen LogP contribution in [0.3, 0.4) is 0 Å². The summed E-state index contributed by atoms with van der Waals surface area (Å²) < 4.78 is 54.0. The van der Waals surface area contributed by atoms with Crippen LogP contribution in [0, 0.1) is 0 Å². The van der Waals surface area contributed by atoms with Gasteiger partial charge in [0.2, 0.25) is 20.0 Å². The van der Waals surface area contributed by atoms with Crippen LogP contribution in [0.4, 0.5) is 5.69 Å². The van der Waals surface area contributed by atoms with Crippen molar-refractivity contribution in [3.8, 4) is 0 Å². The smallest absolute Gasteiger partial charge is 0.243 e. The summed E-state index contributed by atoms with van der Waals surface area (Å²) in [4.78, 5) is 0.162. The maximum atomic E-state index is 12.7. The van der Waals surface area contributed by atoms with Crippen molar-refractivity contribution in [1.29, 1.82) is 0 Å². The zero-order chi connectivity index (χ0) is 19.9. The Balaban J connectivity index is 2.14. The van der Waals surface area contributed by atoms with Crippen LogP contribution in [0.15, 0.2) is 59.5 Å². The first-order chi connectivity index (χ1) is 12.8. The Morgan fingerprint density at radius 1 is 0.815 bits per heavy atom. The highest BCUT2D eigenvalue weighted by Gasteiger charge is 2.23. The minimum Gasteiger partial charge on any atom is -0.283 e. The lowest BCUT2D eigenvalue weighted by atomic mass is 10.2. The molecule has 0 bridgehead atoms. The molecule has 0 spiro atoms. The maximum Gasteiger partial charge on any atom is 0.243 e. The predicted octanol–water partition coefficient (Wildman–Crippen LogP) is 3.44. The number of sulfonamides is 2. The van der Waals surface area contributed by atoms with Crippen molar-refractivity contribution in [2.24, 2.45) is 0 Å². The van der Waals surface area contributed by atoms with Crippen LogP contribution in [0.25, 0.3) is 0 Å². The van der Waals surface area contributed by atoms with E-state index in [1.165, 1.54) is 28.6 Å². The van der Waals surface area contributed by atoms with Gasteiger partial charge in [-0.2, -0.15) is 4.31 Å². The number of benzene rings is 2. The summed E-state index contributed by atoms with van der Waals surface area (Å²) in [7, 11) is -7.16. The van der Waals surface area contributed by atoms with E-state index in [-0.39, 0.29) is 10.6 Å². The summed E-state index contributed by atoms with van der Waals surface area (Å²) in [5.41, 5.74) is 1.02. The van der Waals surface area contributed by atoms with E-state index in [0.717, 1.165) is 12.8 Å². The summed E-state index contributed by atoms with van der Waals surface area (Å²) in [5.74, 6) is -0.144. The van der Waals surface area contributed by atoms with Crippen LogP contribution in [-0.4, -0.2) is 34.2 Å². The van der Waals surface area contributed by atoms with Crippen molar-refractivity contribution in [2.45, 2.75) is 37.3 Å². The van der Waals surface area contributed by atoms with Gasteiger partial charge in [0.25, 0.3) is 0 Å². The highest BCUT2D eigenvalue weighted by molar-refractivity contribution is 7.92. The molecular formula is C19H26N2O4S2.